The monoisotopic (exact) mass is 171 g/mol. The highest BCUT2D eigenvalue weighted by Crippen LogP contribution is 2.20. The first-order chi connectivity index (χ1) is 5.56. The van der Waals surface area contributed by atoms with E-state index in [1.807, 2.05) is 0 Å². The molecule has 12 heavy (non-hydrogen) atoms. The summed E-state index contributed by atoms with van der Waals surface area (Å²) in [6, 6.07) is 0. The minimum Gasteiger partial charge on any atom is -0.376 e. The van der Waals surface area contributed by atoms with Crippen molar-refractivity contribution in [3.05, 3.63) is 0 Å². The standard InChI is InChI=1S/C10H21NO/c1-5-10(3,4)11-6-7-12-9(2)8-11/h9H,5-8H2,1-4H3. The van der Waals surface area contributed by atoms with Gasteiger partial charge in [-0.1, -0.05) is 6.92 Å². The smallest absolute Gasteiger partial charge is 0.0674 e. The van der Waals surface area contributed by atoms with E-state index in [4.69, 9.17) is 4.74 Å². The minimum absolute atomic E-state index is 0.345. The highest BCUT2D eigenvalue weighted by Gasteiger charge is 2.28. The van der Waals surface area contributed by atoms with Crippen LogP contribution in [0.5, 0.6) is 0 Å². The number of hydrogen-bond donors (Lipinski definition) is 0. The fourth-order valence-electron chi connectivity index (χ4n) is 1.59. The summed E-state index contributed by atoms with van der Waals surface area (Å²) in [7, 11) is 0. The number of hydrogen-bond acceptors (Lipinski definition) is 2. The topological polar surface area (TPSA) is 12.5 Å². The van der Waals surface area contributed by atoms with Crippen LogP contribution < -0.4 is 0 Å². The third kappa shape index (κ3) is 2.20. The Morgan fingerprint density at radius 2 is 2.17 bits per heavy atom. The number of nitrogens with zero attached hydrogens (tertiary/aromatic N) is 1. The molecule has 2 heteroatoms. The molecule has 0 aliphatic carbocycles. The summed E-state index contributed by atoms with van der Waals surface area (Å²) in [6.45, 7) is 12.1. The molecule has 0 aromatic heterocycles. The summed E-state index contributed by atoms with van der Waals surface area (Å²) >= 11 is 0. The molecule has 1 aliphatic heterocycles. The van der Waals surface area contributed by atoms with Gasteiger partial charge in [0, 0.05) is 18.6 Å². The maximum atomic E-state index is 5.51. The number of ether oxygens (including phenoxy) is 1. The van der Waals surface area contributed by atoms with Crippen molar-refractivity contribution >= 4 is 0 Å². The van der Waals surface area contributed by atoms with Crippen LogP contribution in [0.2, 0.25) is 0 Å². The fraction of sp³-hybridized carbons (Fsp3) is 1.00. The van der Waals surface area contributed by atoms with Crippen molar-refractivity contribution in [3.63, 3.8) is 0 Å². The molecule has 0 aromatic rings. The molecule has 1 atom stereocenters. The van der Waals surface area contributed by atoms with Crippen molar-refractivity contribution in [1.82, 2.24) is 4.90 Å². The van der Waals surface area contributed by atoms with Crippen LogP contribution in [0.3, 0.4) is 0 Å². The lowest BCUT2D eigenvalue weighted by molar-refractivity contribution is -0.0546. The maximum absolute atomic E-state index is 5.51. The van der Waals surface area contributed by atoms with Gasteiger partial charge in [0.05, 0.1) is 12.7 Å². The van der Waals surface area contributed by atoms with E-state index in [1.165, 1.54) is 6.42 Å². The van der Waals surface area contributed by atoms with E-state index in [-0.39, 0.29) is 0 Å². The molecule has 0 amide bonds. The average Bonchev–Trinajstić information content (AvgIpc) is 2.05. The average molecular weight is 171 g/mol. The van der Waals surface area contributed by atoms with Crippen LogP contribution in [0, 0.1) is 0 Å². The summed E-state index contributed by atoms with van der Waals surface area (Å²) in [6.07, 6.45) is 1.62. The van der Waals surface area contributed by atoms with Gasteiger partial charge in [-0.25, -0.2) is 0 Å². The molecule has 1 rings (SSSR count). The molecule has 1 fully saturated rings. The van der Waals surface area contributed by atoms with Crippen LogP contribution in [0.1, 0.15) is 34.1 Å². The summed E-state index contributed by atoms with van der Waals surface area (Å²) in [4.78, 5) is 2.53. The molecule has 0 bridgehead atoms. The van der Waals surface area contributed by atoms with Crippen molar-refractivity contribution in [2.24, 2.45) is 0 Å². The molecule has 72 valence electrons. The summed E-state index contributed by atoms with van der Waals surface area (Å²) in [5.41, 5.74) is 0.345. The van der Waals surface area contributed by atoms with Gasteiger partial charge in [0.15, 0.2) is 0 Å². The lowest BCUT2D eigenvalue weighted by Gasteiger charge is -2.42. The first kappa shape index (κ1) is 10.0. The van der Waals surface area contributed by atoms with E-state index >= 15 is 0 Å². The highest BCUT2D eigenvalue weighted by atomic mass is 16.5. The van der Waals surface area contributed by atoms with E-state index in [2.05, 4.69) is 32.6 Å². The Kier molecular flexibility index (Phi) is 3.13. The van der Waals surface area contributed by atoms with Gasteiger partial charge in [-0.3, -0.25) is 4.90 Å². The van der Waals surface area contributed by atoms with Gasteiger partial charge >= 0.3 is 0 Å². The highest BCUT2D eigenvalue weighted by molar-refractivity contribution is 4.83. The van der Waals surface area contributed by atoms with Crippen molar-refractivity contribution < 1.29 is 4.74 Å². The molecule has 2 nitrogen and oxygen atoms in total. The minimum atomic E-state index is 0.345. The van der Waals surface area contributed by atoms with E-state index in [9.17, 15) is 0 Å². The second-order valence-electron chi connectivity index (χ2n) is 4.29. The zero-order chi connectivity index (χ0) is 9.19. The van der Waals surface area contributed by atoms with E-state index in [0.29, 0.717) is 11.6 Å². The van der Waals surface area contributed by atoms with Gasteiger partial charge in [-0.15, -0.1) is 0 Å². The maximum Gasteiger partial charge on any atom is 0.0674 e. The van der Waals surface area contributed by atoms with Crippen LogP contribution in [0.15, 0.2) is 0 Å². The van der Waals surface area contributed by atoms with Gasteiger partial charge in [0.25, 0.3) is 0 Å². The Morgan fingerprint density at radius 1 is 1.50 bits per heavy atom. The molecular weight excluding hydrogens is 150 g/mol. The van der Waals surface area contributed by atoms with E-state index in [1.54, 1.807) is 0 Å². The Hall–Kier alpha value is -0.0800. The fourth-order valence-corrected chi connectivity index (χ4v) is 1.59. The molecule has 0 radical (unpaired) electrons. The molecule has 1 heterocycles. The van der Waals surface area contributed by atoms with Crippen LogP contribution in [0.25, 0.3) is 0 Å². The van der Waals surface area contributed by atoms with Gasteiger partial charge < -0.3 is 4.74 Å². The zero-order valence-corrected chi connectivity index (χ0v) is 8.76. The van der Waals surface area contributed by atoms with Gasteiger partial charge in [0.1, 0.15) is 0 Å². The Balaban J connectivity index is 2.50. The lowest BCUT2D eigenvalue weighted by atomic mass is 9.98. The first-order valence-electron chi connectivity index (χ1n) is 4.93. The Bertz CT molecular complexity index is 145. The molecule has 0 saturated carbocycles. The summed E-state index contributed by atoms with van der Waals surface area (Å²) < 4.78 is 5.51. The van der Waals surface area contributed by atoms with E-state index < -0.39 is 0 Å². The van der Waals surface area contributed by atoms with Crippen molar-refractivity contribution in [1.29, 1.82) is 0 Å². The third-order valence-electron chi connectivity index (χ3n) is 2.96. The van der Waals surface area contributed by atoms with Gasteiger partial charge in [0.2, 0.25) is 0 Å². The second kappa shape index (κ2) is 3.75. The van der Waals surface area contributed by atoms with Crippen LogP contribution in [0.4, 0.5) is 0 Å². The summed E-state index contributed by atoms with van der Waals surface area (Å²) in [5, 5.41) is 0. The van der Waals surface area contributed by atoms with Crippen LogP contribution >= 0.6 is 0 Å². The summed E-state index contributed by atoms with van der Waals surface area (Å²) in [5.74, 6) is 0. The Morgan fingerprint density at radius 3 is 2.67 bits per heavy atom. The molecule has 0 spiro atoms. The molecule has 0 N–H and O–H groups in total. The lowest BCUT2D eigenvalue weighted by Crippen LogP contribution is -2.51. The first-order valence-corrected chi connectivity index (χ1v) is 4.93. The van der Waals surface area contributed by atoms with Gasteiger partial charge in [-0.05, 0) is 27.2 Å². The third-order valence-corrected chi connectivity index (χ3v) is 2.96. The quantitative estimate of drug-likeness (QED) is 0.629. The van der Waals surface area contributed by atoms with Crippen LogP contribution in [-0.4, -0.2) is 36.2 Å². The second-order valence-corrected chi connectivity index (χ2v) is 4.29. The van der Waals surface area contributed by atoms with Crippen molar-refractivity contribution in [3.8, 4) is 0 Å². The number of rotatable bonds is 2. The predicted molar refractivity (Wildman–Crippen MR) is 51.4 cm³/mol. The zero-order valence-electron chi connectivity index (χ0n) is 8.76. The van der Waals surface area contributed by atoms with E-state index in [0.717, 1.165) is 19.7 Å². The molecule has 1 aliphatic rings. The van der Waals surface area contributed by atoms with Crippen molar-refractivity contribution in [2.75, 3.05) is 19.7 Å². The SMILES string of the molecule is CCC(C)(C)N1CCOC(C)C1. The molecule has 1 unspecified atom stereocenters. The van der Waals surface area contributed by atoms with Crippen LogP contribution in [-0.2, 0) is 4.74 Å². The normalized spacial score (nSPS) is 27.5. The Labute approximate surface area is 75.9 Å². The molecular formula is C10H21NO. The predicted octanol–water partition coefficient (Wildman–Crippen LogP) is 1.90. The number of morpholine rings is 1. The molecule has 1 saturated heterocycles. The van der Waals surface area contributed by atoms with Gasteiger partial charge in [-0.2, -0.15) is 0 Å². The molecule has 0 aromatic carbocycles. The van der Waals surface area contributed by atoms with Crippen molar-refractivity contribution in [2.45, 2.75) is 45.8 Å². The largest absolute Gasteiger partial charge is 0.376 e.